The molecule has 0 aliphatic carbocycles. The van der Waals surface area contributed by atoms with Gasteiger partial charge in [-0.3, -0.25) is 9.59 Å². The largest absolute Gasteiger partial charge is 0.489 e. The van der Waals surface area contributed by atoms with Crippen LogP contribution in [0.3, 0.4) is 0 Å². The second-order valence-corrected chi connectivity index (χ2v) is 10.8. The van der Waals surface area contributed by atoms with Gasteiger partial charge in [-0.15, -0.1) is 0 Å². The summed E-state index contributed by atoms with van der Waals surface area (Å²) in [6, 6.07) is 10.8. The molecule has 0 saturated carbocycles. The molecule has 2 aromatic rings. The van der Waals surface area contributed by atoms with Crippen molar-refractivity contribution in [2.45, 2.75) is 50.2 Å². The van der Waals surface area contributed by atoms with E-state index in [0.29, 0.717) is 26.9 Å². The molecule has 4 rings (SSSR count). The van der Waals surface area contributed by atoms with Crippen molar-refractivity contribution in [1.29, 1.82) is 0 Å². The summed E-state index contributed by atoms with van der Waals surface area (Å²) in [7, 11) is 3.73. The molecule has 2 heterocycles. The Balaban J connectivity index is 1.33. The lowest BCUT2D eigenvalue weighted by Crippen LogP contribution is -2.54. The maximum Gasteiger partial charge on any atom is 0.326 e. The number of hydrogen-bond acceptors (Lipinski definition) is 7. The molecule has 3 unspecified atom stereocenters. The molecular formula is C28H33Cl2N3O7. The maximum absolute atomic E-state index is 13.1. The molecule has 216 valence electrons. The summed E-state index contributed by atoms with van der Waals surface area (Å²) in [4.78, 5) is 42.0. The van der Waals surface area contributed by atoms with Gasteiger partial charge in [-0.1, -0.05) is 41.4 Å². The van der Waals surface area contributed by atoms with E-state index in [0.717, 1.165) is 25.9 Å². The molecule has 2 aromatic carbocycles. The zero-order valence-electron chi connectivity index (χ0n) is 22.3. The maximum atomic E-state index is 13.1. The second kappa shape index (κ2) is 13.6. The zero-order valence-corrected chi connectivity index (χ0v) is 23.9. The van der Waals surface area contributed by atoms with Crippen LogP contribution >= 0.6 is 23.2 Å². The molecule has 2 amide bonds. The van der Waals surface area contributed by atoms with Gasteiger partial charge in [0.15, 0.2) is 12.2 Å². The van der Waals surface area contributed by atoms with Crippen LogP contribution in [0.15, 0.2) is 42.5 Å². The van der Waals surface area contributed by atoms with Crippen molar-refractivity contribution in [3.63, 3.8) is 0 Å². The van der Waals surface area contributed by atoms with E-state index in [1.54, 1.807) is 54.4 Å². The Morgan fingerprint density at radius 3 is 2.33 bits per heavy atom. The van der Waals surface area contributed by atoms with E-state index in [4.69, 9.17) is 37.4 Å². The highest BCUT2D eigenvalue weighted by Crippen LogP contribution is 2.26. The molecule has 3 atom stereocenters. The van der Waals surface area contributed by atoms with Crippen molar-refractivity contribution < 1.29 is 33.7 Å². The highest BCUT2D eigenvalue weighted by molar-refractivity contribution is 6.35. The van der Waals surface area contributed by atoms with Gasteiger partial charge in [0.25, 0.3) is 11.8 Å². The first-order chi connectivity index (χ1) is 19.1. The number of piperidine rings is 1. The SMILES string of the molecule is CN1CCC(N(C)C(=O)C2OCOC2C(=O)NC(Cc2ccc(OCc3c(Cl)cccc3Cl)cc2)C(=O)O)CC1. The first-order valence-electron chi connectivity index (χ1n) is 13.0. The molecule has 0 spiro atoms. The minimum Gasteiger partial charge on any atom is -0.489 e. The lowest BCUT2D eigenvalue weighted by molar-refractivity contribution is -0.147. The highest BCUT2D eigenvalue weighted by Gasteiger charge is 2.44. The summed E-state index contributed by atoms with van der Waals surface area (Å²) in [5, 5.41) is 13.3. The molecule has 0 bridgehead atoms. The van der Waals surface area contributed by atoms with Crippen LogP contribution in [0.1, 0.15) is 24.0 Å². The number of benzene rings is 2. The van der Waals surface area contributed by atoms with Crippen LogP contribution in [0, 0.1) is 0 Å². The molecule has 12 heteroatoms. The number of aliphatic carboxylic acids is 1. The standard InChI is InChI=1S/C28H33Cl2N3O7/c1-32-12-10-18(11-13-32)33(2)27(35)25-24(39-16-40-25)26(34)31-23(28(36)37)14-17-6-8-19(9-7-17)38-15-20-21(29)4-3-5-22(20)30/h3-9,18,23-25H,10-16H2,1-2H3,(H,31,34)(H,36,37). The average Bonchev–Trinajstić information content (AvgIpc) is 3.43. The van der Waals surface area contributed by atoms with E-state index in [2.05, 4.69) is 10.2 Å². The van der Waals surface area contributed by atoms with Gasteiger partial charge in [-0.25, -0.2) is 4.79 Å². The Hall–Kier alpha value is -2.89. The van der Waals surface area contributed by atoms with Crippen LogP contribution in [0.4, 0.5) is 0 Å². The third kappa shape index (κ3) is 7.44. The van der Waals surface area contributed by atoms with Gasteiger partial charge in [0, 0.05) is 35.1 Å². The summed E-state index contributed by atoms with van der Waals surface area (Å²) < 4.78 is 16.6. The number of halogens is 2. The second-order valence-electron chi connectivity index (χ2n) is 10.0. The van der Waals surface area contributed by atoms with Gasteiger partial charge in [0.05, 0.1) is 0 Å². The van der Waals surface area contributed by atoms with Crippen LogP contribution < -0.4 is 10.1 Å². The van der Waals surface area contributed by atoms with Gasteiger partial charge in [0.2, 0.25) is 0 Å². The number of nitrogens with zero attached hydrogens (tertiary/aromatic N) is 2. The number of carboxylic acids is 1. The molecule has 0 aromatic heterocycles. The smallest absolute Gasteiger partial charge is 0.326 e. The minimum absolute atomic E-state index is 0.0133. The normalized spacial score (nSPS) is 20.6. The lowest BCUT2D eigenvalue weighted by atomic mass is 10.0. The molecule has 2 fully saturated rings. The van der Waals surface area contributed by atoms with Crippen LogP contribution in [0.5, 0.6) is 5.75 Å². The number of ether oxygens (including phenoxy) is 3. The Bertz CT molecular complexity index is 1180. The Labute approximate surface area is 243 Å². The number of likely N-dealkylation sites (tertiary alicyclic amines) is 1. The fourth-order valence-corrected chi connectivity index (χ4v) is 5.28. The summed E-state index contributed by atoms with van der Waals surface area (Å²) in [5.41, 5.74) is 1.32. The van der Waals surface area contributed by atoms with Crippen molar-refractivity contribution in [2.24, 2.45) is 0 Å². The number of carboxylic acid groups (broad SMARTS) is 1. The number of carbonyl (C=O) groups excluding carboxylic acids is 2. The van der Waals surface area contributed by atoms with Crippen molar-refractivity contribution in [2.75, 3.05) is 34.0 Å². The van der Waals surface area contributed by atoms with E-state index in [1.807, 2.05) is 7.05 Å². The fraction of sp³-hybridized carbons (Fsp3) is 0.464. The molecule has 2 aliphatic heterocycles. The topological polar surface area (TPSA) is 118 Å². The summed E-state index contributed by atoms with van der Waals surface area (Å²) in [6.07, 6.45) is -0.721. The number of likely N-dealkylation sites (N-methyl/N-ethyl adjacent to an activating group) is 1. The molecule has 40 heavy (non-hydrogen) atoms. The predicted molar refractivity (Wildman–Crippen MR) is 148 cm³/mol. The number of carbonyl (C=O) groups is 3. The number of nitrogens with one attached hydrogen (secondary N) is 1. The van der Waals surface area contributed by atoms with Crippen molar-refractivity contribution >= 4 is 41.0 Å². The van der Waals surface area contributed by atoms with E-state index in [1.165, 1.54) is 0 Å². The third-order valence-electron chi connectivity index (χ3n) is 7.28. The average molecular weight is 594 g/mol. The minimum atomic E-state index is -1.24. The summed E-state index contributed by atoms with van der Waals surface area (Å²) in [6.45, 7) is 1.69. The molecular weight excluding hydrogens is 561 g/mol. The Morgan fingerprint density at radius 2 is 1.70 bits per heavy atom. The van der Waals surface area contributed by atoms with Crippen molar-refractivity contribution in [3.05, 3.63) is 63.6 Å². The summed E-state index contributed by atoms with van der Waals surface area (Å²) >= 11 is 12.4. The monoisotopic (exact) mass is 593 g/mol. The third-order valence-corrected chi connectivity index (χ3v) is 7.99. The molecule has 0 radical (unpaired) electrons. The predicted octanol–water partition coefficient (Wildman–Crippen LogP) is 2.98. The first kappa shape index (κ1) is 30.1. The fourth-order valence-electron chi connectivity index (χ4n) is 4.77. The lowest BCUT2D eigenvalue weighted by Gasteiger charge is -2.36. The molecule has 2 saturated heterocycles. The Morgan fingerprint density at radius 1 is 1.07 bits per heavy atom. The van der Waals surface area contributed by atoms with E-state index >= 15 is 0 Å². The van der Waals surface area contributed by atoms with Gasteiger partial charge in [-0.05, 0) is 62.8 Å². The Kier molecular flexibility index (Phi) is 10.3. The van der Waals surface area contributed by atoms with Crippen LogP contribution in [-0.2, 0) is 36.9 Å². The van der Waals surface area contributed by atoms with Crippen LogP contribution in [0.25, 0.3) is 0 Å². The first-order valence-corrected chi connectivity index (χ1v) is 13.8. The number of amides is 2. The number of hydrogen-bond donors (Lipinski definition) is 2. The quantitative estimate of drug-likeness (QED) is 0.432. The van der Waals surface area contributed by atoms with E-state index < -0.39 is 30.1 Å². The molecule has 2 N–H and O–H groups in total. The van der Waals surface area contributed by atoms with Crippen LogP contribution in [-0.4, -0.2) is 91.0 Å². The van der Waals surface area contributed by atoms with Gasteiger partial charge >= 0.3 is 5.97 Å². The van der Waals surface area contributed by atoms with Crippen molar-refractivity contribution in [3.8, 4) is 5.75 Å². The van der Waals surface area contributed by atoms with Gasteiger partial charge < -0.3 is 34.4 Å². The number of rotatable bonds is 10. The summed E-state index contributed by atoms with van der Waals surface area (Å²) in [5.74, 6) is -1.74. The van der Waals surface area contributed by atoms with E-state index in [9.17, 15) is 19.5 Å². The zero-order chi connectivity index (χ0) is 28.8. The van der Waals surface area contributed by atoms with Crippen LogP contribution in [0.2, 0.25) is 10.0 Å². The van der Waals surface area contributed by atoms with Crippen molar-refractivity contribution in [1.82, 2.24) is 15.1 Å². The molecule has 10 nitrogen and oxygen atoms in total. The molecule has 2 aliphatic rings. The highest BCUT2D eigenvalue weighted by atomic mass is 35.5. The van der Waals surface area contributed by atoms with E-state index in [-0.39, 0.29) is 31.8 Å². The van der Waals surface area contributed by atoms with Gasteiger partial charge in [0.1, 0.15) is 25.2 Å². The van der Waals surface area contributed by atoms with Gasteiger partial charge in [-0.2, -0.15) is 0 Å².